The summed E-state index contributed by atoms with van der Waals surface area (Å²) in [5, 5.41) is 8.55. The van der Waals surface area contributed by atoms with Crippen LogP contribution in [0, 0.1) is 9.93 Å². The first-order valence-corrected chi connectivity index (χ1v) is 7.07. The zero-order chi connectivity index (χ0) is 17.0. The molecule has 120 valence electrons. The Bertz CT molecular complexity index is 495. The molecule has 0 saturated heterocycles. The van der Waals surface area contributed by atoms with Gasteiger partial charge in [-0.1, -0.05) is 74.5 Å². The maximum Gasteiger partial charge on any atom is 0.123 e. The Morgan fingerprint density at radius 3 is 1.59 bits per heavy atom. The summed E-state index contributed by atoms with van der Waals surface area (Å²) in [6.07, 6.45) is 0. The van der Waals surface area contributed by atoms with Crippen LogP contribution < -0.4 is 0 Å². The third kappa shape index (κ3) is 7.11. The molecule has 0 unspecified atom stereocenters. The molecule has 0 spiro atoms. The number of hydrogen-bond acceptors (Lipinski definition) is 4. The molecule has 1 N–H and O–H groups in total. The molecule has 0 aliphatic carbocycles. The Kier molecular flexibility index (Phi) is 9.67. The van der Waals surface area contributed by atoms with Gasteiger partial charge in [0, 0.05) is 9.93 Å². The fraction of sp³-hybridized carbons (Fsp3) is 0.333. The smallest absolute Gasteiger partial charge is 0.123 e. The van der Waals surface area contributed by atoms with Crippen LogP contribution in [0.1, 0.15) is 44.7 Å². The van der Waals surface area contributed by atoms with Crippen LogP contribution in [0.15, 0.2) is 60.7 Å². The molecule has 2 rings (SSSR count). The van der Waals surface area contributed by atoms with Crippen molar-refractivity contribution in [1.82, 2.24) is 0 Å². The summed E-state index contributed by atoms with van der Waals surface area (Å²) in [5.41, 5.74) is 1.77. The van der Waals surface area contributed by atoms with E-state index in [1.54, 1.807) is 0 Å². The summed E-state index contributed by atoms with van der Waals surface area (Å²) in [7, 11) is 0. The van der Waals surface area contributed by atoms with Gasteiger partial charge in [-0.15, -0.1) is 0 Å². The maximum atomic E-state index is 8.55. The highest BCUT2D eigenvalue weighted by Crippen LogP contribution is 2.22. The first-order valence-electron chi connectivity index (χ1n) is 7.07. The molecule has 0 heterocycles. The Morgan fingerprint density at radius 1 is 0.864 bits per heavy atom. The van der Waals surface area contributed by atoms with E-state index in [1.165, 1.54) is 5.56 Å². The maximum absolute atomic E-state index is 8.55. The van der Waals surface area contributed by atoms with Crippen molar-refractivity contribution in [2.45, 2.75) is 39.2 Å². The predicted molar refractivity (Wildman–Crippen MR) is 90.4 cm³/mol. The fourth-order valence-corrected chi connectivity index (χ4v) is 1.73. The first-order chi connectivity index (χ1) is 10.5. The lowest BCUT2D eigenvalue weighted by Crippen LogP contribution is -2.19. The third-order valence-electron chi connectivity index (χ3n) is 3.16. The van der Waals surface area contributed by atoms with Gasteiger partial charge in [0.2, 0.25) is 0 Å². The van der Waals surface area contributed by atoms with Gasteiger partial charge in [-0.25, -0.2) is 4.89 Å². The van der Waals surface area contributed by atoms with Gasteiger partial charge in [0.15, 0.2) is 0 Å². The molecule has 0 saturated carbocycles. The first kappa shape index (κ1) is 20.0. The minimum absolute atomic E-state index is 0.610. The normalized spacial score (nSPS) is 10.1. The van der Waals surface area contributed by atoms with Crippen LogP contribution >= 0.6 is 0 Å². The quantitative estimate of drug-likeness (QED) is 0.618. The van der Waals surface area contributed by atoms with E-state index in [0.717, 1.165) is 5.56 Å². The number of hydrogen-bond donors (Lipinski definition) is 1. The summed E-state index contributed by atoms with van der Waals surface area (Å²) in [4.78, 5) is 18.3. The molecule has 4 heteroatoms. The van der Waals surface area contributed by atoms with Crippen molar-refractivity contribution >= 4 is 0 Å². The van der Waals surface area contributed by atoms with E-state index in [9.17, 15) is 0 Å². The van der Waals surface area contributed by atoms with Crippen molar-refractivity contribution in [3.63, 3.8) is 0 Å². The van der Waals surface area contributed by atoms with E-state index in [1.807, 2.05) is 50.2 Å². The minimum Gasteiger partial charge on any atom is -0.251 e. The highest BCUT2D eigenvalue weighted by atomic mass is 17.1. The Labute approximate surface area is 131 Å². The molecule has 0 fully saturated rings. The Balaban J connectivity index is 0.000000366. The zero-order valence-corrected chi connectivity index (χ0v) is 13.5. The third-order valence-corrected chi connectivity index (χ3v) is 3.16. The van der Waals surface area contributed by atoms with Crippen LogP contribution in [0.5, 0.6) is 0 Å². The van der Waals surface area contributed by atoms with Crippen LogP contribution in [0.2, 0.25) is 0 Å². The van der Waals surface area contributed by atoms with Crippen molar-refractivity contribution in [2.24, 2.45) is 0 Å². The van der Waals surface area contributed by atoms with E-state index >= 15 is 0 Å². The summed E-state index contributed by atoms with van der Waals surface area (Å²) in [6.45, 7) is 8.02. The molecular formula is C18H24O4. The van der Waals surface area contributed by atoms with E-state index in [0.29, 0.717) is 5.92 Å². The predicted octanol–water partition coefficient (Wildman–Crippen LogP) is 5.29. The van der Waals surface area contributed by atoms with Gasteiger partial charge in [-0.05, 0) is 30.9 Å². The molecule has 4 nitrogen and oxygen atoms in total. The van der Waals surface area contributed by atoms with Gasteiger partial charge >= 0.3 is 0 Å². The zero-order valence-electron chi connectivity index (χ0n) is 13.5. The minimum atomic E-state index is -0.610. The van der Waals surface area contributed by atoms with Crippen molar-refractivity contribution < 1.29 is 10.1 Å². The number of benzene rings is 2. The summed E-state index contributed by atoms with van der Waals surface area (Å²) in [6, 6.07) is 20.1. The highest BCUT2D eigenvalue weighted by Gasteiger charge is 2.20. The molecule has 22 heavy (non-hydrogen) atoms. The Morgan fingerprint density at radius 2 is 1.27 bits per heavy atom. The summed E-state index contributed by atoms with van der Waals surface area (Å²) in [5.74, 6) is 0.659. The van der Waals surface area contributed by atoms with Gasteiger partial charge in [-0.3, -0.25) is 5.26 Å². The number of rotatable bonds is 3. The fourth-order valence-electron chi connectivity index (χ4n) is 1.73. The largest absolute Gasteiger partial charge is 0.251 e. The van der Waals surface area contributed by atoms with E-state index in [4.69, 9.17) is 15.2 Å². The van der Waals surface area contributed by atoms with E-state index < -0.39 is 5.60 Å². The average Bonchev–Trinajstić information content (AvgIpc) is 2.59. The van der Waals surface area contributed by atoms with Gasteiger partial charge in [0.05, 0.1) is 0 Å². The van der Waals surface area contributed by atoms with Crippen molar-refractivity contribution in [3.8, 4) is 0 Å². The van der Waals surface area contributed by atoms with Crippen LogP contribution in [0.25, 0.3) is 0 Å². The molecule has 0 bridgehead atoms. The van der Waals surface area contributed by atoms with Crippen LogP contribution in [-0.2, 0) is 10.5 Å². The molecule has 2 aromatic rings. The summed E-state index contributed by atoms with van der Waals surface area (Å²) >= 11 is 0. The van der Waals surface area contributed by atoms with Gasteiger partial charge in [0.1, 0.15) is 5.60 Å². The summed E-state index contributed by atoms with van der Waals surface area (Å²) < 4.78 is 0. The molecule has 0 amide bonds. The van der Waals surface area contributed by atoms with Crippen LogP contribution in [0.3, 0.4) is 0 Å². The second-order valence-electron chi connectivity index (χ2n) is 5.53. The van der Waals surface area contributed by atoms with Crippen LogP contribution in [-0.4, -0.2) is 5.26 Å². The van der Waals surface area contributed by atoms with Crippen molar-refractivity contribution in [1.29, 1.82) is 0 Å². The molecule has 0 radical (unpaired) electrons. The lowest BCUT2D eigenvalue weighted by molar-refractivity contribution is -0.318. The standard InChI is InChI=1S/C9H12O2.C9H12.O2/c1-9(2,11-10)8-6-4-3-5-7-8;1-8(2)9-6-4-3-5-7-9;1-2/h3-7,10H,1-2H3;3-8H,1-2H3;. The molecular weight excluding hydrogens is 280 g/mol. The Hall–Kier alpha value is -2.04. The highest BCUT2D eigenvalue weighted by molar-refractivity contribution is 5.20. The van der Waals surface area contributed by atoms with Gasteiger partial charge in [0.25, 0.3) is 0 Å². The average molecular weight is 304 g/mol. The van der Waals surface area contributed by atoms with E-state index in [2.05, 4.69) is 43.0 Å². The molecule has 0 aliphatic heterocycles. The second-order valence-corrected chi connectivity index (χ2v) is 5.53. The lowest BCUT2D eigenvalue weighted by atomic mass is 9.99. The van der Waals surface area contributed by atoms with Gasteiger partial charge < -0.3 is 0 Å². The molecule has 0 aliphatic rings. The van der Waals surface area contributed by atoms with Crippen molar-refractivity contribution in [3.05, 3.63) is 81.7 Å². The monoisotopic (exact) mass is 304 g/mol. The van der Waals surface area contributed by atoms with Crippen LogP contribution in [0.4, 0.5) is 0 Å². The second kappa shape index (κ2) is 10.7. The van der Waals surface area contributed by atoms with Gasteiger partial charge in [-0.2, -0.15) is 0 Å². The van der Waals surface area contributed by atoms with Crippen molar-refractivity contribution in [2.75, 3.05) is 0 Å². The molecule has 0 aromatic heterocycles. The topological polar surface area (TPSA) is 63.6 Å². The molecule has 0 atom stereocenters. The lowest BCUT2D eigenvalue weighted by Gasteiger charge is -2.20. The molecule has 2 aromatic carbocycles. The van der Waals surface area contributed by atoms with E-state index in [-0.39, 0.29) is 0 Å². The SMILES string of the molecule is CC(C)(OO)c1ccccc1.CC(C)c1ccccc1.O=O.